The number of aryl methyl sites for hydroxylation is 1. The highest BCUT2D eigenvalue weighted by molar-refractivity contribution is 5.66. The van der Waals surface area contributed by atoms with E-state index in [0.717, 1.165) is 19.5 Å². The van der Waals surface area contributed by atoms with Crippen molar-refractivity contribution in [2.24, 2.45) is 0 Å². The number of hydrogen-bond donors (Lipinski definition) is 1. The third kappa shape index (κ3) is 4.06. The van der Waals surface area contributed by atoms with Crippen LogP contribution in [-0.4, -0.2) is 29.1 Å². The first-order chi connectivity index (χ1) is 9.16. The molecule has 1 saturated heterocycles. The first kappa shape index (κ1) is 14.1. The molecular weight excluding hydrogens is 238 g/mol. The highest BCUT2D eigenvalue weighted by atomic mass is 16.4. The minimum Gasteiger partial charge on any atom is -0.481 e. The summed E-state index contributed by atoms with van der Waals surface area (Å²) in [6.45, 7) is 4.10. The number of rotatable bonds is 5. The predicted molar refractivity (Wildman–Crippen MR) is 76.2 cm³/mol. The van der Waals surface area contributed by atoms with E-state index in [0.29, 0.717) is 6.04 Å². The van der Waals surface area contributed by atoms with Crippen LogP contribution in [0.4, 0.5) is 0 Å². The van der Waals surface area contributed by atoms with Gasteiger partial charge in [0.25, 0.3) is 0 Å². The van der Waals surface area contributed by atoms with Crippen LogP contribution in [0.2, 0.25) is 0 Å². The molecule has 1 heterocycles. The Labute approximate surface area is 115 Å². The topological polar surface area (TPSA) is 40.5 Å². The number of hydrogen-bond acceptors (Lipinski definition) is 2. The number of carboxylic acids is 1. The zero-order valence-corrected chi connectivity index (χ0v) is 11.6. The molecular formula is C16H23NO2. The minimum absolute atomic E-state index is 0.275. The normalized spacial score (nSPS) is 20.4. The lowest BCUT2D eigenvalue weighted by molar-refractivity contribution is -0.137. The van der Waals surface area contributed by atoms with Gasteiger partial charge < -0.3 is 5.11 Å². The van der Waals surface area contributed by atoms with Gasteiger partial charge in [0.05, 0.1) is 0 Å². The van der Waals surface area contributed by atoms with Crippen molar-refractivity contribution >= 4 is 5.97 Å². The van der Waals surface area contributed by atoms with Crippen molar-refractivity contribution in [3.05, 3.63) is 35.4 Å². The summed E-state index contributed by atoms with van der Waals surface area (Å²) in [5.74, 6) is -0.691. The van der Waals surface area contributed by atoms with Crippen LogP contribution in [0.3, 0.4) is 0 Å². The minimum atomic E-state index is -0.691. The number of carboxylic acid groups (broad SMARTS) is 1. The molecule has 1 aromatic rings. The van der Waals surface area contributed by atoms with Crippen LogP contribution in [0.1, 0.15) is 49.3 Å². The number of piperidine rings is 1. The van der Waals surface area contributed by atoms with Crippen molar-refractivity contribution in [3.8, 4) is 0 Å². The Morgan fingerprint density at radius 1 is 1.32 bits per heavy atom. The second-order valence-corrected chi connectivity index (χ2v) is 5.46. The molecule has 1 N–H and O–H groups in total. The molecule has 0 aromatic heterocycles. The van der Waals surface area contributed by atoms with Crippen LogP contribution in [0.15, 0.2) is 24.3 Å². The molecule has 0 radical (unpaired) electrons. The summed E-state index contributed by atoms with van der Waals surface area (Å²) in [6.07, 6.45) is 4.72. The molecule has 0 spiro atoms. The van der Waals surface area contributed by atoms with E-state index in [1.165, 1.54) is 30.4 Å². The Balaban J connectivity index is 1.99. The maximum absolute atomic E-state index is 10.6. The smallest absolute Gasteiger partial charge is 0.303 e. The summed E-state index contributed by atoms with van der Waals surface area (Å²) in [4.78, 5) is 13.1. The Kier molecular flexibility index (Phi) is 4.97. The lowest BCUT2D eigenvalue weighted by Gasteiger charge is -2.36. The second-order valence-electron chi connectivity index (χ2n) is 5.46. The third-order valence-electron chi connectivity index (χ3n) is 3.91. The van der Waals surface area contributed by atoms with Gasteiger partial charge in [-0.15, -0.1) is 0 Å². The largest absolute Gasteiger partial charge is 0.481 e. The van der Waals surface area contributed by atoms with E-state index in [4.69, 9.17) is 5.11 Å². The van der Waals surface area contributed by atoms with Crippen molar-refractivity contribution < 1.29 is 9.90 Å². The summed E-state index contributed by atoms with van der Waals surface area (Å²) < 4.78 is 0. The van der Waals surface area contributed by atoms with E-state index in [2.05, 4.69) is 36.1 Å². The molecule has 104 valence electrons. The van der Waals surface area contributed by atoms with Crippen LogP contribution in [0.5, 0.6) is 0 Å². The first-order valence-corrected chi connectivity index (χ1v) is 7.19. The summed E-state index contributed by atoms with van der Waals surface area (Å²) >= 11 is 0. The van der Waals surface area contributed by atoms with Crippen molar-refractivity contribution in [2.45, 2.75) is 45.1 Å². The summed E-state index contributed by atoms with van der Waals surface area (Å²) in [7, 11) is 0. The first-order valence-electron chi connectivity index (χ1n) is 7.19. The maximum Gasteiger partial charge on any atom is 0.303 e. The van der Waals surface area contributed by atoms with Crippen LogP contribution in [-0.2, 0) is 4.79 Å². The Hall–Kier alpha value is -1.35. The van der Waals surface area contributed by atoms with Gasteiger partial charge in [-0.05, 0) is 44.8 Å². The van der Waals surface area contributed by atoms with Crippen LogP contribution < -0.4 is 0 Å². The Morgan fingerprint density at radius 3 is 2.74 bits per heavy atom. The SMILES string of the molecule is Cc1ccc(C2CCCCN2CCCC(=O)O)cc1. The molecule has 1 aromatic carbocycles. The fraction of sp³-hybridized carbons (Fsp3) is 0.562. The highest BCUT2D eigenvalue weighted by Crippen LogP contribution is 2.31. The van der Waals surface area contributed by atoms with Crippen molar-refractivity contribution in [2.75, 3.05) is 13.1 Å². The summed E-state index contributed by atoms with van der Waals surface area (Å²) in [5, 5.41) is 8.74. The average molecular weight is 261 g/mol. The summed E-state index contributed by atoms with van der Waals surface area (Å²) in [6, 6.07) is 9.24. The number of aliphatic carboxylic acids is 1. The van der Waals surface area contributed by atoms with Gasteiger partial charge in [0, 0.05) is 12.5 Å². The fourth-order valence-electron chi connectivity index (χ4n) is 2.86. The van der Waals surface area contributed by atoms with E-state index in [9.17, 15) is 4.79 Å². The lowest BCUT2D eigenvalue weighted by Crippen LogP contribution is -2.34. The van der Waals surface area contributed by atoms with Gasteiger partial charge in [-0.3, -0.25) is 9.69 Å². The molecule has 3 heteroatoms. The van der Waals surface area contributed by atoms with Crippen molar-refractivity contribution in [1.29, 1.82) is 0 Å². The van der Waals surface area contributed by atoms with Gasteiger partial charge in [-0.1, -0.05) is 36.2 Å². The molecule has 2 rings (SSSR count). The second kappa shape index (κ2) is 6.71. The molecule has 1 fully saturated rings. The van der Waals surface area contributed by atoms with Gasteiger partial charge in [0.15, 0.2) is 0 Å². The van der Waals surface area contributed by atoms with Gasteiger partial charge in [0.2, 0.25) is 0 Å². The van der Waals surface area contributed by atoms with E-state index in [-0.39, 0.29) is 6.42 Å². The molecule has 0 amide bonds. The number of likely N-dealkylation sites (tertiary alicyclic amines) is 1. The average Bonchev–Trinajstić information content (AvgIpc) is 2.40. The standard InChI is InChI=1S/C16H23NO2/c1-13-7-9-14(10-8-13)15-5-2-3-11-17(15)12-4-6-16(18)19/h7-10,15H,2-6,11-12H2,1H3,(H,18,19). The Morgan fingerprint density at radius 2 is 2.05 bits per heavy atom. The molecule has 1 aliphatic heterocycles. The zero-order chi connectivity index (χ0) is 13.7. The van der Waals surface area contributed by atoms with Gasteiger partial charge in [-0.25, -0.2) is 0 Å². The van der Waals surface area contributed by atoms with Gasteiger partial charge in [-0.2, -0.15) is 0 Å². The predicted octanol–water partition coefficient (Wildman–Crippen LogP) is 3.39. The molecule has 1 aliphatic rings. The molecule has 1 unspecified atom stereocenters. The van der Waals surface area contributed by atoms with Gasteiger partial charge >= 0.3 is 5.97 Å². The van der Waals surface area contributed by atoms with Crippen molar-refractivity contribution in [1.82, 2.24) is 4.90 Å². The van der Waals surface area contributed by atoms with E-state index < -0.39 is 5.97 Å². The van der Waals surface area contributed by atoms with E-state index in [1.807, 2.05) is 0 Å². The maximum atomic E-state index is 10.6. The molecule has 0 bridgehead atoms. The monoisotopic (exact) mass is 261 g/mol. The quantitative estimate of drug-likeness (QED) is 0.883. The van der Waals surface area contributed by atoms with E-state index >= 15 is 0 Å². The van der Waals surface area contributed by atoms with Crippen molar-refractivity contribution in [3.63, 3.8) is 0 Å². The third-order valence-corrected chi connectivity index (χ3v) is 3.91. The molecule has 1 atom stereocenters. The fourth-order valence-corrected chi connectivity index (χ4v) is 2.86. The molecule has 19 heavy (non-hydrogen) atoms. The number of benzene rings is 1. The lowest BCUT2D eigenvalue weighted by atomic mass is 9.94. The van der Waals surface area contributed by atoms with Crippen LogP contribution in [0, 0.1) is 6.92 Å². The molecule has 0 saturated carbocycles. The highest BCUT2D eigenvalue weighted by Gasteiger charge is 2.23. The Bertz CT molecular complexity index is 413. The zero-order valence-electron chi connectivity index (χ0n) is 11.6. The number of nitrogens with zero attached hydrogens (tertiary/aromatic N) is 1. The molecule has 3 nitrogen and oxygen atoms in total. The number of carbonyl (C=O) groups is 1. The van der Waals surface area contributed by atoms with Gasteiger partial charge in [0.1, 0.15) is 0 Å². The van der Waals surface area contributed by atoms with E-state index in [1.54, 1.807) is 0 Å². The van der Waals surface area contributed by atoms with Crippen LogP contribution >= 0.6 is 0 Å². The molecule has 0 aliphatic carbocycles. The summed E-state index contributed by atoms with van der Waals surface area (Å²) in [5.41, 5.74) is 2.66. The van der Waals surface area contributed by atoms with Crippen LogP contribution in [0.25, 0.3) is 0 Å².